The normalized spacial score (nSPS) is 26.1. The lowest BCUT2D eigenvalue weighted by molar-refractivity contribution is -0.151. The Morgan fingerprint density at radius 2 is 1.32 bits per heavy atom. The Kier molecular flexibility index (Phi) is 22.8. The van der Waals surface area contributed by atoms with Crippen molar-refractivity contribution < 1.29 is 33.4 Å². The van der Waals surface area contributed by atoms with E-state index in [1.165, 1.54) is 56.9 Å². The maximum absolute atomic E-state index is 14.0. The lowest BCUT2D eigenvalue weighted by Gasteiger charge is -2.58. The van der Waals surface area contributed by atoms with E-state index < -0.39 is 22.8 Å². The van der Waals surface area contributed by atoms with Crippen LogP contribution < -0.4 is 16.0 Å². The summed E-state index contributed by atoms with van der Waals surface area (Å²) in [4.78, 5) is 55.1. The van der Waals surface area contributed by atoms with Gasteiger partial charge in [-0.05, 0) is 204 Å². The van der Waals surface area contributed by atoms with Gasteiger partial charge in [0.15, 0.2) is 0 Å². The van der Waals surface area contributed by atoms with Crippen molar-refractivity contribution in [3.8, 4) is 0 Å². The molecule has 4 rings (SSSR count). The van der Waals surface area contributed by atoms with Crippen LogP contribution in [0, 0.1) is 46.3 Å². The number of unbranched alkanes of at least 4 members (excludes halogenated alkanes) is 1. The van der Waals surface area contributed by atoms with E-state index in [-0.39, 0.29) is 47.9 Å². The fourth-order valence-corrected chi connectivity index (χ4v) is 14.0. The molecule has 71 heavy (non-hydrogen) atoms. The van der Waals surface area contributed by atoms with Crippen LogP contribution in [0.15, 0.2) is 11.6 Å². The van der Waals surface area contributed by atoms with Crippen molar-refractivity contribution in [1.82, 2.24) is 20.9 Å². The van der Waals surface area contributed by atoms with Crippen LogP contribution in [0.4, 0.5) is 9.59 Å². The van der Waals surface area contributed by atoms with E-state index in [1.54, 1.807) is 0 Å². The summed E-state index contributed by atoms with van der Waals surface area (Å²) >= 11 is 0. The molecule has 0 aromatic carbocycles. The van der Waals surface area contributed by atoms with E-state index in [0.717, 1.165) is 100.0 Å². The Labute approximate surface area is 434 Å². The van der Waals surface area contributed by atoms with Gasteiger partial charge < -0.3 is 35.1 Å². The zero-order valence-corrected chi connectivity index (χ0v) is 48.3. The van der Waals surface area contributed by atoms with Gasteiger partial charge >= 0.3 is 18.2 Å². The Morgan fingerprint density at radius 3 is 1.92 bits per heavy atom. The number of alkyl carbamates (subject to hydrolysis) is 2. The van der Waals surface area contributed by atoms with Crippen LogP contribution >= 0.6 is 0 Å². The maximum Gasteiger partial charge on any atom is 0.408 e. The molecule has 0 radical (unpaired) electrons. The smallest absolute Gasteiger partial charge is 0.408 e. The quantitative estimate of drug-likeness (QED) is 0.0320. The molecule has 3 amide bonds. The van der Waals surface area contributed by atoms with Crippen LogP contribution in [0.3, 0.4) is 0 Å². The SMILES string of the molecule is CCC(CC)(CCNCCCCN(CCC(CC)(CC)NC(=O)OC(C)(C)C)C(=O)CCCC(=O)O[C@H]1CC[C@@]2(C)C(=CC[C@H]3[C@@H]4CC[C@H](C(C)CCCC(C)C)[C@@]4(C)CC[C@@H]32)C1)NC(=O)OC(C)(C)C. The second kappa shape index (κ2) is 26.6. The Balaban J connectivity index is 1.30. The highest BCUT2D eigenvalue weighted by atomic mass is 16.6. The number of rotatable bonds is 27. The number of nitrogens with zero attached hydrogens (tertiary/aromatic N) is 1. The van der Waals surface area contributed by atoms with Crippen molar-refractivity contribution in [1.29, 1.82) is 0 Å². The fourth-order valence-electron chi connectivity index (χ4n) is 14.0. The second-order valence-electron chi connectivity index (χ2n) is 26.1. The minimum absolute atomic E-state index is 0.0288. The highest BCUT2D eigenvalue weighted by molar-refractivity contribution is 5.77. The van der Waals surface area contributed by atoms with Crippen molar-refractivity contribution >= 4 is 24.1 Å². The number of nitrogens with one attached hydrogen (secondary N) is 3. The molecule has 3 N–H and O–H groups in total. The lowest BCUT2D eigenvalue weighted by atomic mass is 9.47. The van der Waals surface area contributed by atoms with Crippen molar-refractivity contribution in [3.63, 3.8) is 0 Å². The molecule has 0 saturated heterocycles. The number of allylic oxidation sites excluding steroid dienone is 1. The van der Waals surface area contributed by atoms with Gasteiger partial charge in [-0.3, -0.25) is 9.59 Å². The van der Waals surface area contributed by atoms with Crippen molar-refractivity contribution in [2.24, 2.45) is 46.3 Å². The van der Waals surface area contributed by atoms with Gasteiger partial charge in [-0.1, -0.05) is 93.2 Å². The van der Waals surface area contributed by atoms with Crippen LogP contribution in [-0.2, 0) is 23.8 Å². The first-order valence-electron chi connectivity index (χ1n) is 29.2. The summed E-state index contributed by atoms with van der Waals surface area (Å²) in [5, 5.41) is 9.87. The van der Waals surface area contributed by atoms with E-state index in [2.05, 4.69) is 84.3 Å². The number of amides is 3. The van der Waals surface area contributed by atoms with E-state index >= 15 is 0 Å². The van der Waals surface area contributed by atoms with Gasteiger partial charge in [-0.15, -0.1) is 0 Å². The topological polar surface area (TPSA) is 135 Å². The van der Waals surface area contributed by atoms with Gasteiger partial charge in [0.2, 0.25) is 5.91 Å². The molecule has 1 unspecified atom stereocenters. The summed E-state index contributed by atoms with van der Waals surface area (Å²) in [5.41, 5.74) is 0.172. The predicted octanol–water partition coefficient (Wildman–Crippen LogP) is 14.3. The summed E-state index contributed by atoms with van der Waals surface area (Å²) in [5.74, 6) is 4.63. The number of hydrogen-bond donors (Lipinski definition) is 3. The Morgan fingerprint density at radius 1 is 0.704 bits per heavy atom. The average molecular weight is 998 g/mol. The molecule has 0 spiro atoms. The molecular weight excluding hydrogens is 889 g/mol. The van der Waals surface area contributed by atoms with Gasteiger partial charge in [0.05, 0.1) is 0 Å². The van der Waals surface area contributed by atoms with Gasteiger partial charge in [0, 0.05) is 43.4 Å². The molecule has 0 aromatic rings. The number of carbonyl (C=O) groups is 4. The predicted molar refractivity (Wildman–Crippen MR) is 290 cm³/mol. The number of fused-ring (bicyclic) bond motifs is 5. The van der Waals surface area contributed by atoms with Crippen molar-refractivity contribution in [2.45, 2.75) is 273 Å². The van der Waals surface area contributed by atoms with E-state index in [0.29, 0.717) is 44.2 Å². The summed E-state index contributed by atoms with van der Waals surface area (Å²) in [7, 11) is 0. The van der Waals surface area contributed by atoms with Crippen LogP contribution in [0.25, 0.3) is 0 Å². The molecule has 11 heteroatoms. The van der Waals surface area contributed by atoms with E-state index in [4.69, 9.17) is 14.2 Å². The molecule has 0 aromatic heterocycles. The molecule has 4 aliphatic carbocycles. The molecule has 410 valence electrons. The molecular formula is C60H108N4O7. The minimum Gasteiger partial charge on any atom is -0.462 e. The number of carbonyl (C=O) groups excluding carboxylic acids is 4. The van der Waals surface area contributed by atoms with Crippen LogP contribution in [0.2, 0.25) is 0 Å². The monoisotopic (exact) mass is 997 g/mol. The summed E-state index contributed by atoms with van der Waals surface area (Å²) < 4.78 is 17.4. The maximum atomic E-state index is 14.0. The third kappa shape index (κ3) is 17.4. The summed E-state index contributed by atoms with van der Waals surface area (Å²) in [6, 6.07) is 0. The van der Waals surface area contributed by atoms with Gasteiger partial charge in [-0.2, -0.15) is 0 Å². The van der Waals surface area contributed by atoms with E-state index in [1.807, 2.05) is 46.4 Å². The number of esters is 1. The third-order valence-corrected chi connectivity index (χ3v) is 18.6. The zero-order valence-electron chi connectivity index (χ0n) is 48.3. The van der Waals surface area contributed by atoms with Crippen molar-refractivity contribution in [2.75, 3.05) is 26.2 Å². The highest BCUT2D eigenvalue weighted by Crippen LogP contribution is 2.67. The van der Waals surface area contributed by atoms with Gasteiger partial charge in [0.1, 0.15) is 17.3 Å². The number of hydrogen-bond acceptors (Lipinski definition) is 8. The molecule has 4 aliphatic rings. The standard InChI is InChI=1S/C60H108N4O7/c1-16-59(17-2,62-53(67)70-55(8,9)10)36-39-61-38-20-21-40-64(41-37-60(18-3,19-4)63-54(68)71-56(11,12)13)51(65)26-23-27-52(66)69-46-32-34-57(14)45(42-46)28-29-47-49-31-30-48(44(7)25-22-24-43(5)6)58(49,15)35-33-50(47)57/h28,43-44,46-50,61H,16-27,29-42H2,1-15H3,(H,62,67)(H,63,68)/t44?,46-,47-,48+,49-,50-,57-,58+/m0/s1. The lowest BCUT2D eigenvalue weighted by Crippen LogP contribution is -2.51. The molecule has 0 bridgehead atoms. The summed E-state index contributed by atoms with van der Waals surface area (Å²) in [6.07, 6.45) is 22.3. The van der Waals surface area contributed by atoms with Gasteiger partial charge in [0.25, 0.3) is 0 Å². The highest BCUT2D eigenvalue weighted by Gasteiger charge is 2.59. The largest absolute Gasteiger partial charge is 0.462 e. The van der Waals surface area contributed by atoms with Crippen LogP contribution in [0.1, 0.15) is 245 Å². The van der Waals surface area contributed by atoms with Crippen molar-refractivity contribution in [3.05, 3.63) is 11.6 Å². The van der Waals surface area contributed by atoms with Gasteiger partial charge in [-0.25, -0.2) is 9.59 Å². The Hall–Kier alpha value is -2.82. The molecule has 0 heterocycles. The molecule has 8 atom stereocenters. The number of ether oxygens (including phenoxy) is 3. The molecule has 3 fully saturated rings. The molecule has 0 aliphatic heterocycles. The first-order valence-corrected chi connectivity index (χ1v) is 29.2. The van der Waals surface area contributed by atoms with Crippen LogP contribution in [0.5, 0.6) is 0 Å². The second-order valence-corrected chi connectivity index (χ2v) is 26.1. The average Bonchev–Trinajstić information content (AvgIpc) is 3.64. The molecule has 3 saturated carbocycles. The zero-order chi connectivity index (χ0) is 52.8. The summed E-state index contributed by atoms with van der Waals surface area (Å²) in [6.45, 7) is 34.6. The van der Waals surface area contributed by atoms with Crippen LogP contribution in [-0.4, -0.2) is 83.5 Å². The minimum atomic E-state index is -0.616. The first-order chi connectivity index (χ1) is 33.3. The van der Waals surface area contributed by atoms with E-state index in [9.17, 15) is 19.2 Å². The fraction of sp³-hybridized carbons (Fsp3) is 0.900. The third-order valence-electron chi connectivity index (χ3n) is 18.6. The molecule has 11 nitrogen and oxygen atoms in total. The Bertz CT molecular complexity index is 1720. The first kappa shape index (κ1) is 60.7.